The maximum absolute atomic E-state index is 9.76. The predicted octanol–water partition coefficient (Wildman–Crippen LogP) is 2.43. The summed E-state index contributed by atoms with van der Waals surface area (Å²) in [4.78, 5) is 4.40. The van der Waals surface area contributed by atoms with Gasteiger partial charge in [-0.15, -0.1) is 0 Å². The van der Waals surface area contributed by atoms with E-state index >= 15 is 0 Å². The number of aromatic nitrogens is 2. The molecule has 2 aromatic rings. The van der Waals surface area contributed by atoms with Gasteiger partial charge in [-0.25, -0.2) is 4.98 Å². The third-order valence-corrected chi connectivity index (χ3v) is 3.80. The molecular weight excluding hydrogens is 250 g/mol. The topological polar surface area (TPSA) is 50.1 Å². The Morgan fingerprint density at radius 1 is 1.30 bits per heavy atom. The number of aliphatic hydroxyl groups is 1. The highest BCUT2D eigenvalue weighted by Crippen LogP contribution is 2.16. The molecule has 1 aromatic carbocycles. The van der Waals surface area contributed by atoms with E-state index < -0.39 is 6.10 Å². The largest absolute Gasteiger partial charge is 0.392 e. The standard InChI is InChI=1S/C16H23N3O/c1-12(20)16(3,4)18-11-15-10-17-13(2)19(15)14-8-6-5-7-9-14/h5-10,12,18,20H,11H2,1-4H3. The van der Waals surface area contributed by atoms with Gasteiger partial charge >= 0.3 is 0 Å². The van der Waals surface area contributed by atoms with Crippen molar-refractivity contribution in [3.8, 4) is 5.69 Å². The Bertz CT molecular complexity index is 558. The molecule has 0 aliphatic carbocycles. The zero-order valence-electron chi connectivity index (χ0n) is 12.6. The summed E-state index contributed by atoms with van der Waals surface area (Å²) in [6.45, 7) is 8.44. The van der Waals surface area contributed by atoms with Crippen LogP contribution in [0.4, 0.5) is 0 Å². The van der Waals surface area contributed by atoms with E-state index in [4.69, 9.17) is 0 Å². The molecule has 0 amide bonds. The summed E-state index contributed by atoms with van der Waals surface area (Å²) >= 11 is 0. The van der Waals surface area contributed by atoms with Gasteiger partial charge in [-0.05, 0) is 39.8 Å². The third kappa shape index (κ3) is 3.08. The minimum atomic E-state index is -0.420. The van der Waals surface area contributed by atoms with Crippen LogP contribution in [0.15, 0.2) is 36.5 Å². The predicted molar refractivity (Wildman–Crippen MR) is 80.9 cm³/mol. The van der Waals surface area contributed by atoms with Gasteiger partial charge in [0.25, 0.3) is 0 Å². The number of aliphatic hydroxyl groups excluding tert-OH is 1. The monoisotopic (exact) mass is 273 g/mol. The van der Waals surface area contributed by atoms with Crippen LogP contribution >= 0.6 is 0 Å². The molecule has 0 saturated carbocycles. The van der Waals surface area contributed by atoms with Crippen molar-refractivity contribution in [3.63, 3.8) is 0 Å². The fraction of sp³-hybridized carbons (Fsp3) is 0.438. The molecule has 20 heavy (non-hydrogen) atoms. The van der Waals surface area contributed by atoms with Gasteiger partial charge in [-0.1, -0.05) is 18.2 Å². The highest BCUT2D eigenvalue weighted by molar-refractivity contribution is 5.35. The zero-order valence-corrected chi connectivity index (χ0v) is 12.6. The maximum atomic E-state index is 9.76. The first kappa shape index (κ1) is 14.8. The molecule has 2 rings (SSSR count). The first-order valence-electron chi connectivity index (χ1n) is 6.93. The number of hydrogen-bond acceptors (Lipinski definition) is 3. The zero-order chi connectivity index (χ0) is 14.8. The highest BCUT2D eigenvalue weighted by Gasteiger charge is 2.23. The van der Waals surface area contributed by atoms with Crippen molar-refractivity contribution in [1.82, 2.24) is 14.9 Å². The van der Waals surface area contributed by atoms with Crippen LogP contribution in [0.3, 0.4) is 0 Å². The molecule has 1 aromatic heterocycles. The van der Waals surface area contributed by atoms with Gasteiger partial charge in [0, 0.05) is 17.8 Å². The number of rotatable bonds is 5. The molecule has 0 aliphatic rings. The Morgan fingerprint density at radius 2 is 1.95 bits per heavy atom. The van der Waals surface area contributed by atoms with Crippen molar-refractivity contribution < 1.29 is 5.11 Å². The minimum Gasteiger partial charge on any atom is -0.392 e. The summed E-state index contributed by atoms with van der Waals surface area (Å²) in [5, 5.41) is 13.2. The Labute approximate surface area is 120 Å². The van der Waals surface area contributed by atoms with Crippen molar-refractivity contribution in [2.45, 2.75) is 45.9 Å². The summed E-state index contributed by atoms with van der Waals surface area (Å²) in [6.07, 6.45) is 1.46. The van der Waals surface area contributed by atoms with E-state index in [1.807, 2.05) is 45.2 Å². The summed E-state index contributed by atoms with van der Waals surface area (Å²) < 4.78 is 2.13. The summed E-state index contributed by atoms with van der Waals surface area (Å²) in [6, 6.07) is 10.2. The van der Waals surface area contributed by atoms with Crippen molar-refractivity contribution in [1.29, 1.82) is 0 Å². The molecule has 1 heterocycles. The summed E-state index contributed by atoms with van der Waals surface area (Å²) in [7, 11) is 0. The molecule has 4 nitrogen and oxygen atoms in total. The molecule has 1 unspecified atom stereocenters. The van der Waals surface area contributed by atoms with Gasteiger partial charge in [-0.2, -0.15) is 0 Å². The van der Waals surface area contributed by atoms with Crippen LogP contribution < -0.4 is 5.32 Å². The average molecular weight is 273 g/mol. The number of aryl methyl sites for hydroxylation is 1. The van der Waals surface area contributed by atoms with E-state index in [2.05, 4.69) is 27.0 Å². The number of nitrogens with one attached hydrogen (secondary N) is 1. The van der Waals surface area contributed by atoms with Crippen molar-refractivity contribution in [2.75, 3.05) is 0 Å². The third-order valence-electron chi connectivity index (χ3n) is 3.80. The molecule has 0 fully saturated rings. The van der Waals surface area contributed by atoms with E-state index in [-0.39, 0.29) is 5.54 Å². The molecule has 0 bridgehead atoms. The fourth-order valence-corrected chi connectivity index (χ4v) is 2.01. The second-order valence-electron chi connectivity index (χ2n) is 5.72. The first-order valence-corrected chi connectivity index (χ1v) is 6.93. The Balaban J connectivity index is 2.23. The van der Waals surface area contributed by atoms with Gasteiger partial charge < -0.3 is 10.4 Å². The number of benzene rings is 1. The van der Waals surface area contributed by atoms with Crippen LogP contribution in [0.2, 0.25) is 0 Å². The highest BCUT2D eigenvalue weighted by atomic mass is 16.3. The van der Waals surface area contributed by atoms with Crippen LogP contribution in [0.25, 0.3) is 5.69 Å². The van der Waals surface area contributed by atoms with Crippen LogP contribution in [-0.4, -0.2) is 26.3 Å². The SMILES string of the molecule is Cc1ncc(CNC(C)(C)C(C)O)n1-c1ccccc1. The van der Waals surface area contributed by atoms with Gasteiger partial charge in [0.15, 0.2) is 0 Å². The number of nitrogens with zero attached hydrogens (tertiary/aromatic N) is 2. The second kappa shape index (κ2) is 5.77. The smallest absolute Gasteiger partial charge is 0.110 e. The van der Waals surface area contributed by atoms with Crippen LogP contribution in [0.5, 0.6) is 0 Å². The Hall–Kier alpha value is -1.65. The quantitative estimate of drug-likeness (QED) is 0.879. The number of imidazole rings is 1. The van der Waals surface area contributed by atoms with Gasteiger partial charge in [-0.3, -0.25) is 4.57 Å². The van der Waals surface area contributed by atoms with Gasteiger partial charge in [0.05, 0.1) is 18.0 Å². The van der Waals surface area contributed by atoms with Crippen LogP contribution in [0, 0.1) is 6.92 Å². The summed E-state index contributed by atoms with van der Waals surface area (Å²) in [5.41, 5.74) is 1.86. The molecule has 4 heteroatoms. The fourth-order valence-electron chi connectivity index (χ4n) is 2.01. The van der Waals surface area contributed by atoms with E-state index in [0.717, 1.165) is 17.2 Å². The lowest BCUT2D eigenvalue weighted by atomic mass is 9.99. The van der Waals surface area contributed by atoms with E-state index in [1.54, 1.807) is 6.92 Å². The normalized spacial score (nSPS) is 13.4. The molecule has 0 spiro atoms. The van der Waals surface area contributed by atoms with Crippen LogP contribution in [-0.2, 0) is 6.54 Å². The molecule has 1 atom stereocenters. The van der Waals surface area contributed by atoms with Gasteiger partial charge in [0.1, 0.15) is 5.82 Å². The minimum absolute atomic E-state index is 0.334. The maximum Gasteiger partial charge on any atom is 0.110 e. The molecule has 0 saturated heterocycles. The Morgan fingerprint density at radius 3 is 2.55 bits per heavy atom. The second-order valence-corrected chi connectivity index (χ2v) is 5.72. The molecule has 2 N–H and O–H groups in total. The lowest BCUT2D eigenvalue weighted by molar-refractivity contribution is 0.0953. The molecule has 0 radical (unpaired) electrons. The van der Waals surface area contributed by atoms with Crippen LogP contribution in [0.1, 0.15) is 32.3 Å². The van der Waals surface area contributed by atoms with E-state index in [0.29, 0.717) is 6.54 Å². The molecule has 108 valence electrons. The van der Waals surface area contributed by atoms with E-state index in [9.17, 15) is 5.11 Å². The lowest BCUT2D eigenvalue weighted by Gasteiger charge is -2.29. The number of para-hydroxylation sites is 1. The van der Waals surface area contributed by atoms with Gasteiger partial charge in [0.2, 0.25) is 0 Å². The van der Waals surface area contributed by atoms with Crippen molar-refractivity contribution in [2.24, 2.45) is 0 Å². The van der Waals surface area contributed by atoms with Crippen molar-refractivity contribution >= 4 is 0 Å². The Kier molecular flexibility index (Phi) is 4.26. The lowest BCUT2D eigenvalue weighted by Crippen LogP contribution is -2.47. The average Bonchev–Trinajstić information content (AvgIpc) is 2.78. The van der Waals surface area contributed by atoms with E-state index in [1.165, 1.54) is 0 Å². The number of hydrogen-bond donors (Lipinski definition) is 2. The van der Waals surface area contributed by atoms with Crippen molar-refractivity contribution in [3.05, 3.63) is 48.0 Å². The molecule has 0 aliphatic heterocycles. The molecular formula is C16H23N3O. The summed E-state index contributed by atoms with van der Waals surface area (Å²) in [5.74, 6) is 0.961. The first-order chi connectivity index (χ1) is 9.42.